The standard InChI is InChI=1S/C20H30N2O4/c1-6-7-13-16(22-19(25)26-20(3,4)5)17(23)18(24)21-14(2)15-11-9-8-10-12-15/h8-12,14,16H,6-7,13H2,1-5H3,(H,21,24)(H,22,25)/t14-,16+/m1/s1. The van der Waals surface area contributed by atoms with Gasteiger partial charge in [-0.2, -0.15) is 0 Å². The van der Waals surface area contributed by atoms with Crippen LogP contribution in [0.25, 0.3) is 0 Å². The molecule has 1 rings (SSSR count). The summed E-state index contributed by atoms with van der Waals surface area (Å²) in [5.74, 6) is -1.37. The zero-order chi connectivity index (χ0) is 19.7. The summed E-state index contributed by atoms with van der Waals surface area (Å²) in [6.07, 6.45) is 1.26. The second kappa shape index (κ2) is 9.94. The van der Waals surface area contributed by atoms with Crippen LogP contribution in [-0.2, 0) is 14.3 Å². The van der Waals surface area contributed by atoms with Crippen molar-refractivity contribution in [3.05, 3.63) is 35.9 Å². The Balaban J connectivity index is 2.74. The fourth-order valence-electron chi connectivity index (χ4n) is 2.38. The molecule has 0 spiro atoms. The smallest absolute Gasteiger partial charge is 0.408 e. The van der Waals surface area contributed by atoms with Crippen LogP contribution >= 0.6 is 0 Å². The number of ketones is 1. The zero-order valence-corrected chi connectivity index (χ0v) is 16.3. The lowest BCUT2D eigenvalue weighted by Crippen LogP contribution is -2.49. The van der Waals surface area contributed by atoms with Gasteiger partial charge in [-0.25, -0.2) is 4.79 Å². The molecule has 0 saturated carbocycles. The summed E-state index contributed by atoms with van der Waals surface area (Å²) in [7, 11) is 0. The number of benzene rings is 1. The number of unbranched alkanes of at least 4 members (excludes halogenated alkanes) is 1. The summed E-state index contributed by atoms with van der Waals surface area (Å²) in [5, 5.41) is 5.22. The largest absolute Gasteiger partial charge is 0.444 e. The van der Waals surface area contributed by atoms with Crippen molar-refractivity contribution in [2.75, 3.05) is 0 Å². The molecule has 0 heterocycles. The van der Waals surface area contributed by atoms with E-state index >= 15 is 0 Å². The number of hydrogen-bond donors (Lipinski definition) is 2. The maximum Gasteiger partial charge on any atom is 0.408 e. The average Bonchev–Trinajstić information content (AvgIpc) is 2.57. The van der Waals surface area contributed by atoms with Crippen molar-refractivity contribution < 1.29 is 19.1 Å². The molecule has 2 N–H and O–H groups in total. The SMILES string of the molecule is CCCC[C@H](NC(=O)OC(C)(C)C)C(=O)C(=O)N[C@H](C)c1ccccc1. The van der Waals surface area contributed by atoms with Crippen molar-refractivity contribution in [1.29, 1.82) is 0 Å². The quantitative estimate of drug-likeness (QED) is 0.693. The first kappa shape index (κ1) is 21.7. The minimum absolute atomic E-state index is 0.305. The summed E-state index contributed by atoms with van der Waals surface area (Å²) >= 11 is 0. The first-order valence-electron chi connectivity index (χ1n) is 9.03. The van der Waals surface area contributed by atoms with Crippen LogP contribution in [-0.4, -0.2) is 29.4 Å². The highest BCUT2D eigenvalue weighted by atomic mass is 16.6. The number of carbonyl (C=O) groups is 3. The zero-order valence-electron chi connectivity index (χ0n) is 16.3. The van der Waals surface area contributed by atoms with Crippen LogP contribution < -0.4 is 10.6 Å². The fourth-order valence-corrected chi connectivity index (χ4v) is 2.38. The predicted molar refractivity (Wildman–Crippen MR) is 101 cm³/mol. The molecule has 144 valence electrons. The number of rotatable bonds is 8. The number of ether oxygens (including phenoxy) is 1. The van der Waals surface area contributed by atoms with Gasteiger partial charge in [0.1, 0.15) is 11.6 Å². The number of alkyl carbamates (subject to hydrolysis) is 1. The van der Waals surface area contributed by atoms with E-state index in [4.69, 9.17) is 4.74 Å². The average molecular weight is 362 g/mol. The predicted octanol–water partition coefficient (Wildman–Crippen LogP) is 3.52. The van der Waals surface area contributed by atoms with Crippen molar-refractivity contribution in [2.24, 2.45) is 0 Å². The van der Waals surface area contributed by atoms with E-state index in [9.17, 15) is 14.4 Å². The van der Waals surface area contributed by atoms with Crippen molar-refractivity contribution in [1.82, 2.24) is 10.6 Å². The molecule has 0 radical (unpaired) electrons. The number of hydrogen-bond acceptors (Lipinski definition) is 4. The Morgan fingerprint density at radius 1 is 1.08 bits per heavy atom. The number of carbonyl (C=O) groups excluding carboxylic acids is 3. The van der Waals surface area contributed by atoms with E-state index in [2.05, 4.69) is 10.6 Å². The number of Topliss-reactive ketones (excluding diaryl/α,β-unsaturated/α-hetero) is 1. The van der Waals surface area contributed by atoms with Crippen molar-refractivity contribution >= 4 is 17.8 Å². The molecule has 6 nitrogen and oxygen atoms in total. The molecule has 6 heteroatoms. The van der Waals surface area contributed by atoms with Gasteiger partial charge in [0.05, 0.1) is 6.04 Å². The molecule has 0 aliphatic carbocycles. The molecule has 1 aromatic rings. The van der Waals surface area contributed by atoms with E-state index < -0.39 is 29.4 Å². The third-order valence-corrected chi connectivity index (χ3v) is 3.72. The Morgan fingerprint density at radius 2 is 1.69 bits per heavy atom. The maximum absolute atomic E-state index is 12.5. The molecule has 2 amide bonds. The van der Waals surface area contributed by atoms with Gasteiger partial charge in [0.2, 0.25) is 5.78 Å². The van der Waals surface area contributed by atoms with Gasteiger partial charge >= 0.3 is 6.09 Å². The molecule has 0 aliphatic heterocycles. The Labute approximate surface area is 155 Å². The third kappa shape index (κ3) is 7.68. The van der Waals surface area contributed by atoms with Gasteiger partial charge in [0, 0.05) is 0 Å². The van der Waals surface area contributed by atoms with E-state index in [-0.39, 0.29) is 6.04 Å². The van der Waals surface area contributed by atoms with Crippen LogP contribution in [0.4, 0.5) is 4.79 Å². The molecular formula is C20H30N2O4. The highest BCUT2D eigenvalue weighted by Crippen LogP contribution is 2.12. The highest BCUT2D eigenvalue weighted by Gasteiger charge is 2.29. The summed E-state index contributed by atoms with van der Waals surface area (Å²) in [6.45, 7) is 9.01. The molecule has 26 heavy (non-hydrogen) atoms. The molecule has 0 bridgehead atoms. The molecule has 2 atom stereocenters. The van der Waals surface area contributed by atoms with Crippen molar-refractivity contribution in [3.63, 3.8) is 0 Å². The molecular weight excluding hydrogens is 332 g/mol. The van der Waals surface area contributed by atoms with Crippen molar-refractivity contribution in [2.45, 2.75) is 71.6 Å². The van der Waals surface area contributed by atoms with Gasteiger partial charge in [-0.1, -0.05) is 50.1 Å². The third-order valence-electron chi connectivity index (χ3n) is 3.72. The van der Waals surface area contributed by atoms with Gasteiger partial charge in [-0.3, -0.25) is 9.59 Å². The second-order valence-electron chi connectivity index (χ2n) is 7.31. The first-order valence-corrected chi connectivity index (χ1v) is 9.03. The van der Waals surface area contributed by atoms with E-state index in [1.807, 2.05) is 44.2 Å². The van der Waals surface area contributed by atoms with Gasteiger partial charge in [-0.05, 0) is 39.7 Å². The molecule has 0 unspecified atom stereocenters. The minimum atomic E-state index is -0.896. The maximum atomic E-state index is 12.5. The van der Waals surface area contributed by atoms with Crippen LogP contribution in [0.5, 0.6) is 0 Å². The molecule has 1 aromatic carbocycles. The van der Waals surface area contributed by atoms with Crippen molar-refractivity contribution in [3.8, 4) is 0 Å². The topological polar surface area (TPSA) is 84.5 Å². The van der Waals surface area contributed by atoms with Crippen LogP contribution in [0.2, 0.25) is 0 Å². The highest BCUT2D eigenvalue weighted by molar-refractivity contribution is 6.38. The van der Waals surface area contributed by atoms with Crippen LogP contribution in [0, 0.1) is 0 Å². The van der Waals surface area contributed by atoms with Gasteiger partial charge < -0.3 is 15.4 Å². The number of amides is 2. The molecule has 0 saturated heterocycles. The van der Waals surface area contributed by atoms with E-state index in [0.29, 0.717) is 12.8 Å². The van der Waals surface area contributed by atoms with Crippen LogP contribution in [0.3, 0.4) is 0 Å². The summed E-state index contributed by atoms with van der Waals surface area (Å²) in [5.41, 5.74) is 0.228. The lowest BCUT2D eigenvalue weighted by atomic mass is 10.0. The first-order chi connectivity index (χ1) is 12.1. The van der Waals surface area contributed by atoms with E-state index in [1.165, 1.54) is 0 Å². The van der Waals surface area contributed by atoms with E-state index in [0.717, 1.165) is 12.0 Å². The monoisotopic (exact) mass is 362 g/mol. The van der Waals surface area contributed by atoms with E-state index in [1.54, 1.807) is 20.8 Å². The number of nitrogens with one attached hydrogen (secondary N) is 2. The lowest BCUT2D eigenvalue weighted by molar-refractivity contribution is -0.139. The van der Waals surface area contributed by atoms with Crippen LogP contribution in [0.15, 0.2) is 30.3 Å². The summed E-state index contributed by atoms with van der Waals surface area (Å²) in [6, 6.07) is 8.18. The Bertz CT molecular complexity index is 608. The van der Waals surface area contributed by atoms with Crippen LogP contribution in [0.1, 0.15) is 65.5 Å². The molecule has 0 aromatic heterocycles. The fraction of sp³-hybridized carbons (Fsp3) is 0.550. The Kier molecular flexibility index (Phi) is 8.29. The normalized spacial score (nSPS) is 13.4. The Morgan fingerprint density at radius 3 is 2.23 bits per heavy atom. The molecule has 0 aliphatic rings. The minimum Gasteiger partial charge on any atom is -0.444 e. The van der Waals surface area contributed by atoms with Gasteiger partial charge in [0.25, 0.3) is 5.91 Å². The van der Waals surface area contributed by atoms with Gasteiger partial charge in [-0.15, -0.1) is 0 Å². The Hall–Kier alpha value is -2.37. The van der Waals surface area contributed by atoms with Gasteiger partial charge in [0.15, 0.2) is 0 Å². The summed E-state index contributed by atoms with van der Waals surface area (Å²) < 4.78 is 5.19. The summed E-state index contributed by atoms with van der Waals surface area (Å²) in [4.78, 5) is 36.9. The second-order valence-corrected chi connectivity index (χ2v) is 7.31. The molecule has 0 fully saturated rings. The lowest BCUT2D eigenvalue weighted by Gasteiger charge is -2.23.